The van der Waals surface area contributed by atoms with E-state index < -0.39 is 19.8 Å². The van der Waals surface area contributed by atoms with E-state index in [1.807, 2.05) is 25.2 Å². The molecule has 0 N–H and O–H groups in total. The molecule has 0 amide bonds. The van der Waals surface area contributed by atoms with E-state index in [0.29, 0.717) is 7.18 Å². The molecule has 0 aromatic carbocycles. The average molecular weight is 466 g/mol. The molecule has 0 saturated carbocycles. The van der Waals surface area contributed by atoms with Gasteiger partial charge in [0.05, 0.1) is 0 Å². The van der Waals surface area contributed by atoms with Crippen LogP contribution in [-0.4, -0.2) is 12.1 Å². The zero-order valence-corrected chi connectivity index (χ0v) is 19.1. The Kier molecular flexibility index (Phi) is 10.2. The molecule has 0 radical (unpaired) electrons. The topological polar surface area (TPSA) is 0 Å². The summed E-state index contributed by atoms with van der Waals surface area (Å²) in [5, 5.41) is 0. The summed E-state index contributed by atoms with van der Waals surface area (Å²) in [6.45, 7) is 12.6. The molecule has 0 aromatic heterocycles. The fourth-order valence-electron chi connectivity index (χ4n) is 2.51. The van der Waals surface area contributed by atoms with Crippen molar-refractivity contribution in [3.63, 3.8) is 0 Å². The van der Waals surface area contributed by atoms with Gasteiger partial charge in [0.2, 0.25) is 0 Å². The maximum atomic E-state index is 4.82. The van der Waals surface area contributed by atoms with Gasteiger partial charge in [0.1, 0.15) is 0 Å². The average Bonchev–Trinajstić information content (AvgIpc) is 2.74. The fourth-order valence-corrected chi connectivity index (χ4v) is 7.76. The van der Waals surface area contributed by atoms with Crippen molar-refractivity contribution in [3.05, 3.63) is 95.7 Å². The zero-order valence-electron chi connectivity index (χ0n) is 16.0. The molecule has 0 fully saturated rings. The Labute approximate surface area is 167 Å². The molecule has 2 heteroatoms. The number of hydrogen-bond acceptors (Lipinski definition) is 1. The predicted octanol–water partition coefficient (Wildman–Crippen LogP) is 7.40. The molecule has 2 unspecified atom stereocenters. The van der Waals surface area contributed by atoms with Gasteiger partial charge in [-0.25, -0.2) is 0 Å². The van der Waals surface area contributed by atoms with Crippen LogP contribution >= 0.6 is 32.4 Å². The summed E-state index contributed by atoms with van der Waals surface area (Å²) in [7, 11) is 0. The van der Waals surface area contributed by atoms with E-state index in [1.54, 1.807) is 0 Å². The Morgan fingerprint density at radius 2 is 1.72 bits per heavy atom. The minimum atomic E-state index is -1.27. The Hall–Kier alpha value is -1.000. The van der Waals surface area contributed by atoms with Crippen LogP contribution in [0.5, 0.6) is 0 Å². The Morgan fingerprint density at radius 1 is 1.04 bits per heavy atom. The van der Waals surface area contributed by atoms with Gasteiger partial charge in [0, 0.05) is 0 Å². The number of thiol groups is 1. The Bertz CT molecular complexity index is 668. The molecule has 136 valence electrons. The summed E-state index contributed by atoms with van der Waals surface area (Å²) in [6, 6.07) is 0. The van der Waals surface area contributed by atoms with E-state index >= 15 is 0 Å². The van der Waals surface area contributed by atoms with Gasteiger partial charge >= 0.3 is 168 Å². The number of hydrogen-bond donors (Lipinski definition) is 1. The van der Waals surface area contributed by atoms with Crippen molar-refractivity contribution in [2.24, 2.45) is 0 Å². The first kappa shape index (κ1) is 22.0. The first-order valence-electron chi connectivity index (χ1n) is 8.52. The van der Waals surface area contributed by atoms with Crippen molar-refractivity contribution in [1.29, 1.82) is 0 Å². The number of halogens is 1. The molecule has 1 aliphatic rings. The summed E-state index contributed by atoms with van der Waals surface area (Å²) < 4.78 is 0.926. The summed E-state index contributed by atoms with van der Waals surface area (Å²) in [6.07, 6.45) is 23.7. The molecule has 25 heavy (non-hydrogen) atoms. The van der Waals surface area contributed by atoms with Gasteiger partial charge in [-0.05, 0) is 0 Å². The van der Waals surface area contributed by atoms with Crippen molar-refractivity contribution in [2.45, 2.75) is 34.9 Å². The predicted molar refractivity (Wildman–Crippen MR) is 129 cm³/mol. The van der Waals surface area contributed by atoms with Crippen LogP contribution in [0.1, 0.15) is 27.7 Å². The summed E-state index contributed by atoms with van der Waals surface area (Å²) >= 11 is 3.54. The summed E-state index contributed by atoms with van der Waals surface area (Å²) in [4.78, 5) is 2.43. The van der Waals surface area contributed by atoms with E-state index in [0.717, 1.165) is 5.57 Å². The third-order valence-electron chi connectivity index (χ3n) is 4.02. The standard InChI is InChI=1S/C23H31IS/c1-7-9-10-14-18(3)19(4)17-20(5)21(13-8-2)22-15-11-12-16-23(25)24(22)6/h7-17,22-23,25H,3H2,1-2,4-6H3/b9-7-,13-8?,14-10-,19-17+,21-20+. The third-order valence-corrected chi connectivity index (χ3v) is 11.9. The summed E-state index contributed by atoms with van der Waals surface area (Å²) in [5.41, 5.74) is 4.99. The van der Waals surface area contributed by atoms with E-state index in [1.165, 1.54) is 16.7 Å². The number of rotatable bonds is 6. The molecular weight excluding hydrogens is 435 g/mol. The SMILES string of the molecule is C=C(/C=C\C=C/C)/C(C)=C/C(C)=C(\C=CC)C1C=CC=CC(S)I1C. The molecule has 1 rings (SSSR count). The van der Waals surface area contributed by atoms with Gasteiger partial charge in [0.15, 0.2) is 0 Å². The van der Waals surface area contributed by atoms with Gasteiger partial charge in [-0.2, -0.15) is 0 Å². The zero-order chi connectivity index (χ0) is 18.8. The van der Waals surface area contributed by atoms with Crippen LogP contribution in [0.2, 0.25) is 0 Å². The van der Waals surface area contributed by atoms with E-state index in [2.05, 4.69) is 80.9 Å². The molecular formula is C23H31IS. The molecule has 0 bridgehead atoms. The van der Waals surface area contributed by atoms with Crippen molar-refractivity contribution < 1.29 is 0 Å². The second kappa shape index (κ2) is 11.6. The molecule has 1 heterocycles. The second-order valence-corrected chi connectivity index (χ2v) is 13.4. The fraction of sp³-hybridized carbons (Fsp3) is 0.304. The molecule has 2 atom stereocenters. The van der Waals surface area contributed by atoms with E-state index in [9.17, 15) is 0 Å². The quantitative estimate of drug-likeness (QED) is 0.179. The molecule has 0 aromatic rings. The van der Waals surface area contributed by atoms with Crippen molar-refractivity contribution in [1.82, 2.24) is 0 Å². The van der Waals surface area contributed by atoms with Crippen LogP contribution in [0.3, 0.4) is 0 Å². The third kappa shape index (κ3) is 7.02. The number of alkyl halides is 3. The Balaban J connectivity index is 3.21. The molecule has 0 spiro atoms. The Morgan fingerprint density at radius 3 is 2.36 bits per heavy atom. The van der Waals surface area contributed by atoms with Crippen LogP contribution < -0.4 is 0 Å². The van der Waals surface area contributed by atoms with E-state index in [-0.39, 0.29) is 0 Å². The van der Waals surface area contributed by atoms with Crippen LogP contribution in [0.4, 0.5) is 0 Å². The molecule has 0 aliphatic carbocycles. The van der Waals surface area contributed by atoms with Gasteiger partial charge < -0.3 is 0 Å². The van der Waals surface area contributed by atoms with Crippen LogP contribution in [0, 0.1) is 0 Å². The molecule has 1 aliphatic heterocycles. The van der Waals surface area contributed by atoms with E-state index in [4.69, 9.17) is 12.6 Å². The van der Waals surface area contributed by atoms with Gasteiger partial charge in [0.25, 0.3) is 0 Å². The van der Waals surface area contributed by atoms with Crippen LogP contribution in [-0.2, 0) is 0 Å². The van der Waals surface area contributed by atoms with Gasteiger partial charge in [-0.3, -0.25) is 0 Å². The van der Waals surface area contributed by atoms with Crippen molar-refractivity contribution in [2.75, 3.05) is 4.93 Å². The molecule has 0 nitrogen and oxygen atoms in total. The number of allylic oxidation sites excluding steroid dienone is 14. The van der Waals surface area contributed by atoms with Gasteiger partial charge in [-0.1, -0.05) is 0 Å². The van der Waals surface area contributed by atoms with Crippen molar-refractivity contribution >= 4 is 32.4 Å². The van der Waals surface area contributed by atoms with Crippen LogP contribution in [0.15, 0.2) is 95.7 Å². The monoisotopic (exact) mass is 466 g/mol. The van der Waals surface area contributed by atoms with Gasteiger partial charge in [-0.15, -0.1) is 0 Å². The van der Waals surface area contributed by atoms with Crippen LogP contribution in [0.25, 0.3) is 0 Å². The molecule has 0 saturated heterocycles. The minimum absolute atomic E-state index is 0.418. The summed E-state index contributed by atoms with van der Waals surface area (Å²) in [5.74, 6) is 0. The second-order valence-electron chi connectivity index (χ2n) is 5.98. The first-order chi connectivity index (χ1) is 11.9. The first-order valence-corrected chi connectivity index (χ1v) is 13.7. The maximum absolute atomic E-state index is 4.82. The van der Waals surface area contributed by atoms with Crippen molar-refractivity contribution in [3.8, 4) is 0 Å². The normalized spacial score (nSPS) is 24.4.